The van der Waals surface area contributed by atoms with Crippen LogP contribution in [0.15, 0.2) is 41.3 Å². The van der Waals surface area contributed by atoms with Gasteiger partial charge < -0.3 is 24.6 Å². The fourth-order valence-electron chi connectivity index (χ4n) is 3.49. The van der Waals surface area contributed by atoms with Crippen molar-refractivity contribution in [1.29, 1.82) is 0 Å². The molecule has 1 aliphatic rings. The number of ether oxygens (including phenoxy) is 3. The Hall–Kier alpha value is -2.82. The lowest BCUT2D eigenvalue weighted by molar-refractivity contribution is 0.0696. The number of anilines is 1. The van der Waals surface area contributed by atoms with Crippen LogP contribution in [0.4, 0.5) is 5.69 Å². The molecular weight excluding hydrogens is 436 g/mol. The fraction of sp³-hybridized carbons (Fsp3) is 0.409. The molecule has 1 fully saturated rings. The first-order valence-corrected chi connectivity index (χ1v) is 11.8. The Morgan fingerprint density at radius 1 is 1.16 bits per heavy atom. The molecule has 1 aliphatic heterocycles. The van der Waals surface area contributed by atoms with Crippen molar-refractivity contribution in [2.75, 3.05) is 39.2 Å². The lowest BCUT2D eigenvalue weighted by Gasteiger charge is -2.16. The van der Waals surface area contributed by atoms with Crippen molar-refractivity contribution >= 4 is 21.7 Å². The molecule has 1 saturated heterocycles. The maximum atomic E-state index is 12.9. The van der Waals surface area contributed by atoms with E-state index >= 15 is 0 Å². The molecule has 0 unspecified atom stereocenters. The van der Waals surface area contributed by atoms with Gasteiger partial charge in [0.1, 0.15) is 4.90 Å². The van der Waals surface area contributed by atoms with E-state index in [4.69, 9.17) is 14.2 Å². The lowest BCUT2D eigenvalue weighted by atomic mass is 10.1. The average molecular weight is 465 g/mol. The van der Waals surface area contributed by atoms with E-state index in [2.05, 4.69) is 10.0 Å². The minimum atomic E-state index is -3.94. The zero-order valence-electron chi connectivity index (χ0n) is 18.1. The molecule has 2 aromatic rings. The molecule has 0 saturated carbocycles. The molecule has 1 heterocycles. The molecule has 1 atom stereocenters. The largest absolute Gasteiger partial charge is 0.493 e. The first-order valence-electron chi connectivity index (χ1n) is 10.3. The molecule has 9 nitrogen and oxygen atoms in total. The van der Waals surface area contributed by atoms with Gasteiger partial charge in [-0.05, 0) is 55.2 Å². The molecule has 2 aromatic carbocycles. The number of hydrogen-bond acceptors (Lipinski definition) is 7. The van der Waals surface area contributed by atoms with Crippen molar-refractivity contribution in [1.82, 2.24) is 4.72 Å². The number of hydrogen-bond donors (Lipinski definition) is 3. The van der Waals surface area contributed by atoms with Gasteiger partial charge in [0.2, 0.25) is 10.0 Å². The predicted octanol–water partition coefficient (Wildman–Crippen LogP) is 2.51. The zero-order valence-corrected chi connectivity index (χ0v) is 18.9. The Balaban J connectivity index is 1.74. The van der Waals surface area contributed by atoms with Crippen molar-refractivity contribution in [3.8, 4) is 11.5 Å². The minimum absolute atomic E-state index is 0.104. The molecule has 3 rings (SSSR count). The SMILES string of the molecule is COc1ccc(CCNc2ccc(C(=O)O)cc2S(=O)(=O)NC[C@H]2CCCO2)cc1OC. The summed E-state index contributed by atoms with van der Waals surface area (Å²) in [6.45, 7) is 1.19. The van der Waals surface area contributed by atoms with Gasteiger partial charge in [0.25, 0.3) is 0 Å². The lowest BCUT2D eigenvalue weighted by Crippen LogP contribution is -2.32. The van der Waals surface area contributed by atoms with E-state index in [1.54, 1.807) is 20.3 Å². The van der Waals surface area contributed by atoms with Crippen LogP contribution in [0.5, 0.6) is 11.5 Å². The number of carboxylic acids is 1. The average Bonchev–Trinajstić information content (AvgIpc) is 3.31. The highest BCUT2D eigenvalue weighted by molar-refractivity contribution is 7.89. The van der Waals surface area contributed by atoms with E-state index in [0.717, 1.165) is 18.4 Å². The second kappa shape index (κ2) is 10.7. The number of carbonyl (C=O) groups is 1. The third kappa shape index (κ3) is 5.90. The number of nitrogens with one attached hydrogen (secondary N) is 2. The van der Waals surface area contributed by atoms with Crippen LogP contribution in [-0.2, 0) is 21.2 Å². The third-order valence-corrected chi connectivity index (χ3v) is 6.68. The standard InChI is InChI=1S/C22H28N2O7S/c1-29-19-8-5-15(12-20(19)30-2)9-10-23-18-7-6-16(22(25)26)13-21(18)32(27,28)24-14-17-4-3-11-31-17/h5-8,12-13,17,23-24H,3-4,9-11,14H2,1-2H3,(H,25,26)/t17-/m1/s1. The van der Waals surface area contributed by atoms with E-state index in [1.807, 2.05) is 12.1 Å². The van der Waals surface area contributed by atoms with Gasteiger partial charge in [-0.3, -0.25) is 0 Å². The van der Waals surface area contributed by atoms with Crippen LogP contribution in [0, 0.1) is 0 Å². The molecule has 10 heteroatoms. The number of carboxylic acid groups (broad SMARTS) is 1. The maximum Gasteiger partial charge on any atom is 0.335 e. The van der Waals surface area contributed by atoms with Crippen LogP contribution in [-0.4, -0.2) is 59.5 Å². The van der Waals surface area contributed by atoms with E-state index in [-0.39, 0.29) is 23.1 Å². The summed E-state index contributed by atoms with van der Waals surface area (Å²) in [5.41, 5.74) is 1.20. The van der Waals surface area contributed by atoms with Gasteiger partial charge in [-0.15, -0.1) is 0 Å². The molecule has 3 N–H and O–H groups in total. The molecule has 174 valence electrons. The van der Waals surface area contributed by atoms with Crippen molar-refractivity contribution < 1.29 is 32.5 Å². The van der Waals surface area contributed by atoms with Crippen LogP contribution in [0.2, 0.25) is 0 Å². The molecule has 0 aromatic heterocycles. The first kappa shape index (κ1) is 23.8. The van der Waals surface area contributed by atoms with Crippen LogP contribution in [0.3, 0.4) is 0 Å². The highest BCUT2D eigenvalue weighted by Crippen LogP contribution is 2.28. The summed E-state index contributed by atoms with van der Waals surface area (Å²) in [4.78, 5) is 11.3. The van der Waals surface area contributed by atoms with Crippen molar-refractivity contribution in [3.63, 3.8) is 0 Å². The summed E-state index contributed by atoms with van der Waals surface area (Å²) >= 11 is 0. The molecule has 32 heavy (non-hydrogen) atoms. The van der Waals surface area contributed by atoms with E-state index in [0.29, 0.717) is 36.8 Å². The van der Waals surface area contributed by atoms with Gasteiger partial charge in [0, 0.05) is 19.7 Å². The maximum absolute atomic E-state index is 12.9. The van der Waals surface area contributed by atoms with Crippen LogP contribution < -0.4 is 19.5 Å². The smallest absolute Gasteiger partial charge is 0.335 e. The Labute approximate surface area is 187 Å². The van der Waals surface area contributed by atoms with E-state index in [9.17, 15) is 18.3 Å². The monoisotopic (exact) mass is 464 g/mol. The number of aromatic carboxylic acids is 1. The summed E-state index contributed by atoms with van der Waals surface area (Å²) in [7, 11) is -0.817. The predicted molar refractivity (Wildman–Crippen MR) is 119 cm³/mol. The topological polar surface area (TPSA) is 123 Å². The van der Waals surface area contributed by atoms with Crippen molar-refractivity contribution in [3.05, 3.63) is 47.5 Å². The molecule has 0 radical (unpaired) electrons. The summed E-state index contributed by atoms with van der Waals surface area (Å²) in [6.07, 6.45) is 2.09. The normalized spacial score (nSPS) is 16.0. The van der Waals surface area contributed by atoms with Crippen molar-refractivity contribution in [2.45, 2.75) is 30.3 Å². The van der Waals surface area contributed by atoms with Gasteiger partial charge in [-0.1, -0.05) is 6.07 Å². The number of sulfonamides is 1. The van der Waals surface area contributed by atoms with Gasteiger partial charge in [-0.2, -0.15) is 0 Å². The van der Waals surface area contributed by atoms with Crippen LogP contribution in [0.1, 0.15) is 28.8 Å². The second-order valence-corrected chi connectivity index (χ2v) is 9.10. The fourth-order valence-corrected chi connectivity index (χ4v) is 4.76. The van der Waals surface area contributed by atoms with Gasteiger partial charge >= 0.3 is 5.97 Å². The van der Waals surface area contributed by atoms with E-state index in [1.165, 1.54) is 18.2 Å². The van der Waals surface area contributed by atoms with Crippen LogP contribution in [0.25, 0.3) is 0 Å². The zero-order chi connectivity index (χ0) is 23.1. The highest BCUT2D eigenvalue weighted by Gasteiger charge is 2.24. The van der Waals surface area contributed by atoms with Crippen LogP contribution >= 0.6 is 0 Å². The van der Waals surface area contributed by atoms with Gasteiger partial charge in [0.05, 0.1) is 31.6 Å². The summed E-state index contributed by atoms with van der Waals surface area (Å²) in [5, 5.41) is 12.4. The third-order valence-electron chi connectivity index (χ3n) is 5.22. The summed E-state index contributed by atoms with van der Waals surface area (Å²) < 4.78 is 44.4. The molecule has 0 spiro atoms. The van der Waals surface area contributed by atoms with E-state index < -0.39 is 16.0 Å². The Morgan fingerprint density at radius 2 is 1.94 bits per heavy atom. The highest BCUT2D eigenvalue weighted by atomic mass is 32.2. The Morgan fingerprint density at radius 3 is 2.59 bits per heavy atom. The number of benzene rings is 2. The number of rotatable bonds is 11. The second-order valence-electron chi connectivity index (χ2n) is 7.37. The molecule has 0 aliphatic carbocycles. The van der Waals surface area contributed by atoms with Crippen molar-refractivity contribution in [2.24, 2.45) is 0 Å². The number of methoxy groups -OCH3 is 2. The Kier molecular flexibility index (Phi) is 7.94. The molecule has 0 amide bonds. The van der Waals surface area contributed by atoms with Gasteiger partial charge in [-0.25, -0.2) is 17.9 Å². The van der Waals surface area contributed by atoms with Gasteiger partial charge in [0.15, 0.2) is 11.5 Å². The summed E-state index contributed by atoms with van der Waals surface area (Å²) in [5.74, 6) is 0.0361. The molecule has 0 bridgehead atoms. The minimum Gasteiger partial charge on any atom is -0.493 e. The molecular formula is C22H28N2O7S. The Bertz CT molecular complexity index is 1050. The quantitative estimate of drug-likeness (QED) is 0.464. The first-order chi connectivity index (χ1) is 15.3. The summed E-state index contributed by atoms with van der Waals surface area (Å²) in [6, 6.07) is 9.57.